The zero-order chi connectivity index (χ0) is 34.2. The predicted octanol–water partition coefficient (Wildman–Crippen LogP) is 5.42. The summed E-state index contributed by atoms with van der Waals surface area (Å²) in [5.74, 6) is 0.0776. The molecule has 6 rings (SSSR count). The van der Waals surface area contributed by atoms with Crippen LogP contribution in [0.3, 0.4) is 0 Å². The van der Waals surface area contributed by atoms with Crippen LogP contribution in [0.1, 0.15) is 52.8 Å². The average molecular weight is 682 g/mol. The molecular weight excluding hydrogens is 643 g/mol. The van der Waals surface area contributed by atoms with Crippen LogP contribution < -0.4 is 16.0 Å². The van der Waals surface area contributed by atoms with E-state index in [1.165, 1.54) is 6.08 Å². The Hall–Kier alpha value is -5.10. The van der Waals surface area contributed by atoms with E-state index in [9.17, 15) is 19.2 Å². The van der Waals surface area contributed by atoms with E-state index in [1.54, 1.807) is 24.3 Å². The molecular formula is C37H39N5O6S. The Kier molecular flexibility index (Phi) is 10.9. The fraction of sp³-hybridized carbons (Fsp3) is 0.324. The van der Waals surface area contributed by atoms with Gasteiger partial charge in [-0.05, 0) is 61.7 Å². The monoisotopic (exact) mass is 681 g/mol. The molecule has 11 nitrogen and oxygen atoms in total. The molecule has 3 heterocycles. The van der Waals surface area contributed by atoms with Crippen LogP contribution in [0.15, 0.2) is 85.5 Å². The van der Waals surface area contributed by atoms with Crippen molar-refractivity contribution < 1.29 is 28.7 Å². The van der Waals surface area contributed by atoms with Gasteiger partial charge in [-0.3, -0.25) is 4.79 Å². The molecule has 0 aliphatic carbocycles. The lowest BCUT2D eigenvalue weighted by Crippen LogP contribution is -2.36. The minimum atomic E-state index is -0.434. The van der Waals surface area contributed by atoms with Gasteiger partial charge in [-0.25, -0.2) is 19.1 Å². The van der Waals surface area contributed by atoms with Gasteiger partial charge in [-0.15, -0.1) is 0 Å². The van der Waals surface area contributed by atoms with Gasteiger partial charge in [0.1, 0.15) is 12.3 Å². The van der Waals surface area contributed by atoms with Crippen LogP contribution in [0.2, 0.25) is 0 Å². The molecule has 0 unspecified atom stereocenters. The van der Waals surface area contributed by atoms with Crippen LogP contribution in [0.5, 0.6) is 0 Å². The first-order valence-electron chi connectivity index (χ1n) is 16.5. The van der Waals surface area contributed by atoms with Crippen LogP contribution in [0.25, 0.3) is 27.8 Å². The van der Waals surface area contributed by atoms with Crippen LogP contribution in [0, 0.1) is 0 Å². The molecule has 12 heteroatoms. The summed E-state index contributed by atoms with van der Waals surface area (Å²) < 4.78 is 12.4. The number of carbonyl (C=O) groups excluding carboxylic acids is 4. The summed E-state index contributed by atoms with van der Waals surface area (Å²) in [5.41, 5.74) is 4.15. The van der Waals surface area contributed by atoms with E-state index < -0.39 is 11.9 Å². The van der Waals surface area contributed by atoms with Gasteiger partial charge in [-0.1, -0.05) is 49.4 Å². The van der Waals surface area contributed by atoms with Crippen molar-refractivity contribution in [2.75, 3.05) is 25.5 Å². The lowest BCUT2D eigenvalue weighted by molar-refractivity contribution is -0.121. The van der Waals surface area contributed by atoms with Crippen molar-refractivity contribution in [1.82, 2.24) is 25.7 Å². The second-order valence-electron chi connectivity index (χ2n) is 12.0. The maximum atomic E-state index is 12.7. The standard InChI is InChI=1S/C37H39N5O6S/c1-2-21-47-35(44)25-14-12-24(13-15-25)33-28-8-3-4-9-30(28)42(41-33)27-18-16-26(17-19-27)36(45)48-22-7-20-38-32(43)11-6-5-10-31-34-29(23-49-31)39-37(46)40-34/h2-4,8-9,12-19,29,31,34H,1,5-7,10-11,20-23H2,(H,38,43)(H2,39,40,46)/t29-,31-,34-/m0/s1. The number of rotatable bonds is 15. The Morgan fingerprint density at radius 1 is 0.939 bits per heavy atom. The lowest BCUT2D eigenvalue weighted by Gasteiger charge is -2.16. The zero-order valence-corrected chi connectivity index (χ0v) is 27.9. The first kappa shape index (κ1) is 33.8. The van der Waals surface area contributed by atoms with Crippen LogP contribution in [0.4, 0.5) is 4.79 Å². The minimum absolute atomic E-state index is 0.00928. The third-order valence-corrected chi connectivity index (χ3v) is 10.1. The Labute approximate surface area is 288 Å². The highest BCUT2D eigenvalue weighted by molar-refractivity contribution is 8.00. The summed E-state index contributed by atoms with van der Waals surface area (Å²) in [6.07, 6.45) is 5.20. The molecule has 0 bridgehead atoms. The first-order valence-corrected chi connectivity index (χ1v) is 17.6. The number of fused-ring (bicyclic) bond motifs is 2. The molecule has 0 saturated carbocycles. The molecule has 1 aromatic heterocycles. The fourth-order valence-corrected chi connectivity index (χ4v) is 7.65. The summed E-state index contributed by atoms with van der Waals surface area (Å²) in [6, 6.07) is 22.4. The summed E-state index contributed by atoms with van der Waals surface area (Å²) >= 11 is 1.88. The fourth-order valence-electron chi connectivity index (χ4n) is 6.11. The van der Waals surface area contributed by atoms with Crippen molar-refractivity contribution in [3.8, 4) is 16.9 Å². The molecule has 2 aliphatic rings. The van der Waals surface area contributed by atoms with E-state index >= 15 is 0 Å². The smallest absolute Gasteiger partial charge is 0.338 e. The van der Waals surface area contributed by atoms with E-state index in [0.717, 1.165) is 52.9 Å². The average Bonchev–Trinajstić information content (AvgIpc) is 3.81. The number of esters is 2. The molecule has 3 aromatic carbocycles. The van der Waals surface area contributed by atoms with Crippen LogP contribution in [-0.2, 0) is 14.3 Å². The van der Waals surface area contributed by atoms with Gasteiger partial charge in [0.15, 0.2) is 0 Å². The van der Waals surface area contributed by atoms with Crippen molar-refractivity contribution in [2.45, 2.75) is 49.4 Å². The van der Waals surface area contributed by atoms with Gasteiger partial charge in [0, 0.05) is 34.9 Å². The SMILES string of the molecule is C=CCOC(=O)c1ccc(-c2nn(-c3ccc(C(=O)OCCCNC(=O)CCCC[C@@H]4SC[C@@H]5NC(=O)N[C@@H]54)cc3)c3ccccc23)cc1. The number of benzene rings is 3. The number of hydrogen-bond donors (Lipinski definition) is 3. The molecule has 3 amide bonds. The van der Waals surface area contributed by atoms with Crippen molar-refractivity contribution in [3.05, 3.63) is 96.6 Å². The second-order valence-corrected chi connectivity index (χ2v) is 13.3. The van der Waals surface area contributed by atoms with E-state index in [2.05, 4.69) is 22.5 Å². The van der Waals surface area contributed by atoms with Gasteiger partial charge in [0.25, 0.3) is 0 Å². The molecule has 0 radical (unpaired) electrons. The maximum Gasteiger partial charge on any atom is 0.338 e. The number of carbonyl (C=O) groups is 4. The highest BCUT2D eigenvalue weighted by atomic mass is 32.2. The summed E-state index contributed by atoms with van der Waals surface area (Å²) in [4.78, 5) is 48.7. The molecule has 2 aliphatic heterocycles. The molecule has 3 N–H and O–H groups in total. The van der Waals surface area contributed by atoms with Gasteiger partial charge < -0.3 is 25.4 Å². The molecule has 4 aromatic rings. The third-order valence-electron chi connectivity index (χ3n) is 8.62. The second kappa shape index (κ2) is 15.9. The predicted molar refractivity (Wildman–Crippen MR) is 189 cm³/mol. The number of nitrogens with one attached hydrogen (secondary N) is 3. The number of urea groups is 1. The number of thioether (sulfide) groups is 1. The lowest BCUT2D eigenvalue weighted by atomic mass is 10.0. The number of aromatic nitrogens is 2. The molecule has 2 fully saturated rings. The van der Waals surface area contributed by atoms with Crippen molar-refractivity contribution >= 4 is 46.5 Å². The van der Waals surface area contributed by atoms with Gasteiger partial charge in [-0.2, -0.15) is 16.9 Å². The zero-order valence-electron chi connectivity index (χ0n) is 27.1. The van der Waals surface area contributed by atoms with Gasteiger partial charge >= 0.3 is 18.0 Å². The molecule has 2 saturated heterocycles. The number of ether oxygens (including phenoxy) is 2. The quantitative estimate of drug-likeness (QED) is 0.0654. The summed E-state index contributed by atoms with van der Waals surface area (Å²) in [7, 11) is 0. The van der Waals surface area contributed by atoms with Crippen molar-refractivity contribution in [1.29, 1.82) is 0 Å². The number of para-hydroxylation sites is 1. The molecule has 3 atom stereocenters. The van der Waals surface area contributed by atoms with Gasteiger partial charge in [0.2, 0.25) is 5.91 Å². The van der Waals surface area contributed by atoms with Crippen molar-refractivity contribution in [2.24, 2.45) is 0 Å². The number of amides is 3. The summed E-state index contributed by atoms with van der Waals surface area (Å²) in [5, 5.41) is 15.1. The number of unbranched alkanes of at least 4 members (excludes halogenated alkanes) is 1. The van der Waals surface area contributed by atoms with E-state index in [0.29, 0.717) is 35.8 Å². The Morgan fingerprint density at radius 3 is 2.45 bits per heavy atom. The van der Waals surface area contributed by atoms with Crippen LogP contribution in [-0.4, -0.2) is 76.5 Å². The van der Waals surface area contributed by atoms with E-state index in [1.807, 2.05) is 65.0 Å². The Morgan fingerprint density at radius 2 is 1.67 bits per heavy atom. The highest BCUT2D eigenvalue weighted by Crippen LogP contribution is 2.33. The molecule has 0 spiro atoms. The normalized spacial score (nSPS) is 18.0. The third kappa shape index (κ3) is 8.14. The van der Waals surface area contributed by atoms with E-state index in [4.69, 9.17) is 14.6 Å². The largest absolute Gasteiger partial charge is 0.462 e. The number of hydrogen-bond acceptors (Lipinski definition) is 8. The van der Waals surface area contributed by atoms with Crippen molar-refractivity contribution in [3.63, 3.8) is 0 Å². The van der Waals surface area contributed by atoms with Crippen LogP contribution >= 0.6 is 11.8 Å². The molecule has 254 valence electrons. The Bertz CT molecular complexity index is 1820. The summed E-state index contributed by atoms with van der Waals surface area (Å²) in [6.45, 7) is 4.34. The van der Waals surface area contributed by atoms with Gasteiger partial charge in [0.05, 0.1) is 41.0 Å². The first-order chi connectivity index (χ1) is 23.9. The number of nitrogens with zero attached hydrogens (tertiary/aromatic N) is 2. The molecule has 49 heavy (non-hydrogen) atoms. The highest BCUT2D eigenvalue weighted by Gasteiger charge is 2.42. The topological polar surface area (TPSA) is 141 Å². The minimum Gasteiger partial charge on any atom is -0.462 e. The maximum absolute atomic E-state index is 12.7. The Balaban J connectivity index is 0.950. The van der Waals surface area contributed by atoms with E-state index in [-0.39, 0.29) is 37.2 Å².